The molecule has 0 unspecified atom stereocenters. The molecule has 0 saturated carbocycles. The molecule has 1 aromatic rings. The minimum absolute atomic E-state index is 0.467. The number of carbonyl (C=O) groups excluding carboxylic acids is 1. The highest BCUT2D eigenvalue weighted by molar-refractivity contribution is 14.1. The molecule has 64 valence electrons. The smallest absolute Gasteiger partial charge is 0.253 e. The van der Waals surface area contributed by atoms with E-state index in [9.17, 15) is 4.79 Å². The molecule has 0 aliphatic carbocycles. The zero-order valence-corrected chi connectivity index (χ0v) is 11.4. The van der Waals surface area contributed by atoms with E-state index < -0.39 is 5.24 Å². The van der Waals surface area contributed by atoms with E-state index in [1.807, 2.05) is 0 Å². The topological polar surface area (TPSA) is 17.1 Å². The number of benzene rings is 1. The molecule has 0 aliphatic heterocycles. The van der Waals surface area contributed by atoms with Crippen LogP contribution in [0.2, 0.25) is 5.02 Å². The maximum Gasteiger partial charge on any atom is 0.253 e. The molecule has 0 N–H and O–H groups in total. The third-order valence-corrected chi connectivity index (χ3v) is 4.67. The quantitative estimate of drug-likeness (QED) is 0.378. The fourth-order valence-corrected chi connectivity index (χ4v) is 2.59. The van der Waals surface area contributed by atoms with Crippen LogP contribution in [0.1, 0.15) is 10.4 Å². The summed E-state index contributed by atoms with van der Waals surface area (Å²) in [5.74, 6) is 0. The maximum absolute atomic E-state index is 10.9. The minimum atomic E-state index is -0.472. The first-order chi connectivity index (χ1) is 5.52. The predicted octanol–water partition coefficient (Wildman–Crippen LogP) is 3.93. The first-order valence-electron chi connectivity index (χ1n) is 2.86. The van der Waals surface area contributed by atoms with E-state index in [4.69, 9.17) is 23.2 Å². The molecule has 12 heavy (non-hydrogen) atoms. The lowest BCUT2D eigenvalue weighted by molar-refractivity contribution is 0.108. The largest absolute Gasteiger partial charge is 0.276 e. The van der Waals surface area contributed by atoms with Crippen LogP contribution in [-0.4, -0.2) is 5.24 Å². The van der Waals surface area contributed by atoms with Gasteiger partial charge in [0.05, 0.1) is 0 Å². The average molecular weight is 427 g/mol. The van der Waals surface area contributed by atoms with Crippen molar-refractivity contribution >= 4 is 73.6 Å². The van der Waals surface area contributed by atoms with Gasteiger partial charge in [-0.25, -0.2) is 0 Å². The third-order valence-electron chi connectivity index (χ3n) is 1.20. The van der Waals surface area contributed by atoms with Gasteiger partial charge < -0.3 is 0 Å². The molecule has 5 heteroatoms. The fraction of sp³-hybridized carbons (Fsp3) is 0. The highest BCUT2D eigenvalue weighted by Gasteiger charge is 2.10. The molecule has 0 aliphatic rings. The molecule has 0 aromatic heterocycles. The Kier molecular flexibility index (Phi) is 4.07. The van der Waals surface area contributed by atoms with E-state index in [1.54, 1.807) is 12.1 Å². The second-order valence-corrected chi connectivity index (χ2v) is 5.04. The minimum Gasteiger partial charge on any atom is -0.276 e. The van der Waals surface area contributed by atoms with Crippen molar-refractivity contribution in [2.24, 2.45) is 0 Å². The second-order valence-electron chi connectivity index (χ2n) is 2.02. The molecular formula is C7H2Cl2I2O. The lowest BCUT2D eigenvalue weighted by Crippen LogP contribution is -1.95. The molecule has 0 amide bonds. The summed E-state index contributed by atoms with van der Waals surface area (Å²) in [4.78, 5) is 10.9. The summed E-state index contributed by atoms with van der Waals surface area (Å²) in [7, 11) is 0. The summed E-state index contributed by atoms with van der Waals surface area (Å²) in [5.41, 5.74) is 0.467. The van der Waals surface area contributed by atoms with Crippen LogP contribution in [0.4, 0.5) is 0 Å². The van der Waals surface area contributed by atoms with Crippen molar-refractivity contribution in [3.05, 3.63) is 29.9 Å². The standard InChI is InChI=1S/C7H2Cl2I2O/c8-3-1-4(7(9)12)6(11)5(10)2-3/h1-2H. The maximum atomic E-state index is 10.9. The number of carbonyl (C=O) groups is 1. The zero-order chi connectivity index (χ0) is 9.30. The van der Waals surface area contributed by atoms with Gasteiger partial charge in [0, 0.05) is 17.7 Å². The average Bonchev–Trinajstić information content (AvgIpc) is 1.96. The van der Waals surface area contributed by atoms with Gasteiger partial charge in [0.2, 0.25) is 0 Å². The summed E-state index contributed by atoms with van der Waals surface area (Å²) >= 11 is 15.3. The Bertz CT molecular complexity index is 338. The van der Waals surface area contributed by atoms with E-state index in [0.29, 0.717) is 10.6 Å². The van der Waals surface area contributed by atoms with Crippen LogP contribution in [0, 0.1) is 7.14 Å². The molecule has 0 spiro atoms. The third kappa shape index (κ3) is 2.46. The summed E-state index contributed by atoms with van der Waals surface area (Å²) in [6.07, 6.45) is 0. The second kappa shape index (κ2) is 4.43. The number of halogens is 4. The molecule has 0 fully saturated rings. The molecule has 1 aromatic carbocycles. The van der Waals surface area contributed by atoms with Crippen LogP contribution in [0.25, 0.3) is 0 Å². The van der Waals surface area contributed by atoms with Crippen molar-refractivity contribution in [3.63, 3.8) is 0 Å². The van der Waals surface area contributed by atoms with Crippen molar-refractivity contribution in [2.75, 3.05) is 0 Å². The summed E-state index contributed by atoms with van der Waals surface area (Å²) in [6.45, 7) is 0. The van der Waals surface area contributed by atoms with Crippen molar-refractivity contribution in [1.82, 2.24) is 0 Å². The van der Waals surface area contributed by atoms with Crippen LogP contribution in [-0.2, 0) is 0 Å². The molecule has 0 heterocycles. The van der Waals surface area contributed by atoms with E-state index in [1.165, 1.54) is 0 Å². The summed E-state index contributed by atoms with van der Waals surface area (Å²) in [6, 6.07) is 3.36. The van der Waals surface area contributed by atoms with Gasteiger partial charge in [-0.1, -0.05) is 11.6 Å². The van der Waals surface area contributed by atoms with E-state index in [2.05, 4.69) is 45.2 Å². The number of rotatable bonds is 1. The normalized spacial score (nSPS) is 10.0. The first kappa shape index (κ1) is 11.0. The highest BCUT2D eigenvalue weighted by Crippen LogP contribution is 2.25. The van der Waals surface area contributed by atoms with E-state index in [-0.39, 0.29) is 0 Å². The Morgan fingerprint density at radius 3 is 2.42 bits per heavy atom. The Balaban J connectivity index is 3.37. The molecule has 0 atom stereocenters. The monoisotopic (exact) mass is 426 g/mol. The van der Waals surface area contributed by atoms with Gasteiger partial charge in [0.15, 0.2) is 0 Å². The summed E-state index contributed by atoms with van der Waals surface area (Å²) < 4.78 is 1.78. The van der Waals surface area contributed by atoms with E-state index >= 15 is 0 Å². The molecular weight excluding hydrogens is 425 g/mol. The van der Waals surface area contributed by atoms with Gasteiger partial charge in [-0.15, -0.1) is 0 Å². The highest BCUT2D eigenvalue weighted by atomic mass is 127. The van der Waals surface area contributed by atoms with Crippen molar-refractivity contribution in [1.29, 1.82) is 0 Å². The van der Waals surface area contributed by atoms with Gasteiger partial charge in [0.1, 0.15) is 0 Å². The van der Waals surface area contributed by atoms with Gasteiger partial charge in [-0.3, -0.25) is 4.79 Å². The van der Waals surface area contributed by atoms with E-state index in [0.717, 1.165) is 7.14 Å². The van der Waals surface area contributed by atoms with Crippen molar-refractivity contribution in [3.8, 4) is 0 Å². The van der Waals surface area contributed by atoms with Crippen LogP contribution < -0.4 is 0 Å². The van der Waals surface area contributed by atoms with Crippen molar-refractivity contribution < 1.29 is 4.79 Å². The molecule has 1 rings (SSSR count). The van der Waals surface area contributed by atoms with Gasteiger partial charge in [-0.05, 0) is 68.9 Å². The predicted molar refractivity (Wildman–Crippen MR) is 67.1 cm³/mol. The van der Waals surface area contributed by atoms with Crippen LogP contribution in [0.5, 0.6) is 0 Å². The Morgan fingerprint density at radius 1 is 1.33 bits per heavy atom. The Hall–Kier alpha value is 0.930. The molecule has 1 nitrogen and oxygen atoms in total. The van der Waals surface area contributed by atoms with Gasteiger partial charge in [0.25, 0.3) is 5.24 Å². The molecule has 0 radical (unpaired) electrons. The van der Waals surface area contributed by atoms with Crippen LogP contribution in [0.15, 0.2) is 12.1 Å². The molecule has 0 bridgehead atoms. The van der Waals surface area contributed by atoms with Crippen LogP contribution in [0.3, 0.4) is 0 Å². The molecule has 0 saturated heterocycles. The summed E-state index contributed by atoms with van der Waals surface area (Å²) in [5, 5.41) is 0.0589. The fourth-order valence-electron chi connectivity index (χ4n) is 0.699. The first-order valence-corrected chi connectivity index (χ1v) is 5.78. The SMILES string of the molecule is O=C(Cl)c1cc(Cl)cc(I)c1I. The van der Waals surface area contributed by atoms with Gasteiger partial charge >= 0.3 is 0 Å². The van der Waals surface area contributed by atoms with Crippen molar-refractivity contribution in [2.45, 2.75) is 0 Å². The zero-order valence-electron chi connectivity index (χ0n) is 5.57. The number of hydrogen-bond donors (Lipinski definition) is 0. The Labute approximate surface area is 107 Å². The van der Waals surface area contributed by atoms with Gasteiger partial charge in [-0.2, -0.15) is 0 Å². The Morgan fingerprint density at radius 2 is 1.92 bits per heavy atom. The number of hydrogen-bond acceptors (Lipinski definition) is 1. The lowest BCUT2D eigenvalue weighted by atomic mass is 10.2. The lowest BCUT2D eigenvalue weighted by Gasteiger charge is -2.01. The van der Waals surface area contributed by atoms with Crippen LogP contribution >= 0.6 is 68.4 Å².